The number of benzene rings is 1. The van der Waals surface area contributed by atoms with Crippen LogP contribution >= 0.6 is 0 Å². The quantitative estimate of drug-likeness (QED) is 0.496. The van der Waals surface area contributed by atoms with E-state index < -0.39 is 0 Å². The minimum Gasteiger partial charge on any atom is -0.382 e. The number of aromatic amines is 1. The van der Waals surface area contributed by atoms with Gasteiger partial charge in [0.25, 0.3) is 5.91 Å². The lowest BCUT2D eigenvalue weighted by atomic mass is 10.3. The predicted octanol–water partition coefficient (Wildman–Crippen LogP) is 1.11. The topological polar surface area (TPSA) is 110 Å². The number of nitrogens with two attached hydrogens (primary N) is 1. The standard InChI is InChI=1S/C16H14N6O/c17-14-9-8-11(21-22-14)5-3-4-10-18-16(23)15-19-12-6-1-2-7-13(12)20-15/h1-2,6-9H,4,10H2,(H2,17,22)(H,18,23)(H,19,20). The van der Waals surface area contributed by atoms with E-state index in [4.69, 9.17) is 5.73 Å². The van der Waals surface area contributed by atoms with E-state index in [-0.39, 0.29) is 5.91 Å². The van der Waals surface area contributed by atoms with Crippen LogP contribution in [0.2, 0.25) is 0 Å². The lowest BCUT2D eigenvalue weighted by Gasteiger charge is -1.98. The van der Waals surface area contributed by atoms with E-state index >= 15 is 0 Å². The van der Waals surface area contributed by atoms with Crippen molar-refractivity contribution in [3.05, 3.63) is 47.9 Å². The number of anilines is 1. The molecule has 7 heteroatoms. The minimum absolute atomic E-state index is 0.254. The first-order chi connectivity index (χ1) is 11.2. The largest absolute Gasteiger partial charge is 0.382 e. The number of carbonyl (C=O) groups excluding carboxylic acids is 1. The lowest BCUT2D eigenvalue weighted by molar-refractivity contribution is 0.0945. The molecule has 0 radical (unpaired) electrons. The van der Waals surface area contributed by atoms with Gasteiger partial charge in [-0.05, 0) is 30.2 Å². The molecule has 0 atom stereocenters. The van der Waals surface area contributed by atoms with E-state index in [2.05, 4.69) is 37.3 Å². The van der Waals surface area contributed by atoms with Gasteiger partial charge in [0.2, 0.25) is 0 Å². The third-order valence-electron chi connectivity index (χ3n) is 3.04. The summed E-state index contributed by atoms with van der Waals surface area (Å²) >= 11 is 0. The van der Waals surface area contributed by atoms with E-state index in [1.165, 1.54) is 0 Å². The first-order valence-electron chi connectivity index (χ1n) is 7.03. The molecule has 0 spiro atoms. The average molecular weight is 306 g/mol. The molecule has 0 fully saturated rings. The van der Waals surface area contributed by atoms with Gasteiger partial charge in [0.15, 0.2) is 5.82 Å². The maximum Gasteiger partial charge on any atom is 0.287 e. The van der Waals surface area contributed by atoms with Crippen molar-refractivity contribution >= 4 is 22.8 Å². The number of aromatic nitrogens is 4. The summed E-state index contributed by atoms with van der Waals surface area (Å²) in [5.74, 6) is 6.16. The van der Waals surface area contributed by atoms with Crippen LogP contribution in [-0.4, -0.2) is 32.6 Å². The smallest absolute Gasteiger partial charge is 0.287 e. The molecule has 0 bridgehead atoms. The Labute approximate surface area is 132 Å². The zero-order valence-corrected chi connectivity index (χ0v) is 12.2. The number of amides is 1. The van der Waals surface area contributed by atoms with Gasteiger partial charge >= 0.3 is 0 Å². The molecule has 7 nitrogen and oxygen atoms in total. The third-order valence-corrected chi connectivity index (χ3v) is 3.04. The summed E-state index contributed by atoms with van der Waals surface area (Å²) in [6.07, 6.45) is 0.498. The SMILES string of the molecule is Nc1ccc(C#CCCNC(=O)c2nc3ccccc3[nH]2)nn1. The van der Waals surface area contributed by atoms with Crippen molar-refractivity contribution in [1.82, 2.24) is 25.5 Å². The average Bonchev–Trinajstić information content (AvgIpc) is 3.00. The Kier molecular flexibility index (Phi) is 4.16. The van der Waals surface area contributed by atoms with Gasteiger partial charge in [-0.2, -0.15) is 0 Å². The molecule has 0 aliphatic rings. The fourth-order valence-corrected chi connectivity index (χ4v) is 1.94. The van der Waals surface area contributed by atoms with Crippen molar-refractivity contribution in [3.8, 4) is 11.8 Å². The normalized spacial score (nSPS) is 10.1. The molecular weight excluding hydrogens is 292 g/mol. The first-order valence-corrected chi connectivity index (χ1v) is 7.03. The molecule has 0 aliphatic heterocycles. The minimum atomic E-state index is -0.254. The maximum atomic E-state index is 12.0. The second-order valence-corrected chi connectivity index (χ2v) is 4.75. The summed E-state index contributed by atoms with van der Waals surface area (Å²) in [7, 11) is 0. The van der Waals surface area contributed by atoms with Crippen LogP contribution in [0.15, 0.2) is 36.4 Å². The van der Waals surface area contributed by atoms with Gasteiger partial charge < -0.3 is 16.0 Å². The Morgan fingerprint density at radius 3 is 2.87 bits per heavy atom. The van der Waals surface area contributed by atoms with Gasteiger partial charge in [-0.3, -0.25) is 4.79 Å². The number of imidazole rings is 1. The van der Waals surface area contributed by atoms with Crippen molar-refractivity contribution in [2.45, 2.75) is 6.42 Å². The molecule has 2 aromatic heterocycles. The third kappa shape index (κ3) is 3.63. The highest BCUT2D eigenvalue weighted by Gasteiger charge is 2.09. The van der Waals surface area contributed by atoms with E-state index in [0.717, 1.165) is 11.0 Å². The summed E-state index contributed by atoms with van der Waals surface area (Å²) < 4.78 is 0. The molecule has 114 valence electrons. The highest BCUT2D eigenvalue weighted by atomic mass is 16.2. The van der Waals surface area contributed by atoms with Gasteiger partial charge in [-0.25, -0.2) is 4.98 Å². The number of nitrogens with one attached hydrogen (secondary N) is 2. The Bertz CT molecular complexity index is 855. The molecule has 23 heavy (non-hydrogen) atoms. The second kappa shape index (κ2) is 6.58. The van der Waals surface area contributed by atoms with Crippen LogP contribution in [0.25, 0.3) is 11.0 Å². The molecule has 0 aliphatic carbocycles. The highest BCUT2D eigenvalue weighted by molar-refractivity contribution is 5.94. The van der Waals surface area contributed by atoms with Crippen molar-refractivity contribution < 1.29 is 4.79 Å². The van der Waals surface area contributed by atoms with E-state index in [9.17, 15) is 4.79 Å². The van der Waals surface area contributed by atoms with E-state index in [0.29, 0.717) is 30.3 Å². The molecule has 3 aromatic rings. The van der Waals surface area contributed by atoms with Crippen molar-refractivity contribution in [3.63, 3.8) is 0 Å². The fourth-order valence-electron chi connectivity index (χ4n) is 1.94. The van der Waals surface area contributed by atoms with E-state index in [1.54, 1.807) is 12.1 Å². The summed E-state index contributed by atoms with van der Waals surface area (Å²) in [6, 6.07) is 10.8. The van der Waals surface area contributed by atoms with Crippen LogP contribution < -0.4 is 11.1 Å². The molecule has 1 aromatic carbocycles. The number of nitrogens with zero attached hydrogens (tertiary/aromatic N) is 3. The summed E-state index contributed by atoms with van der Waals surface area (Å²) in [5, 5.41) is 10.3. The Balaban J connectivity index is 1.52. The van der Waals surface area contributed by atoms with Crippen LogP contribution in [0.5, 0.6) is 0 Å². The van der Waals surface area contributed by atoms with Crippen LogP contribution in [-0.2, 0) is 0 Å². The molecule has 2 heterocycles. The number of hydrogen-bond acceptors (Lipinski definition) is 5. The van der Waals surface area contributed by atoms with Gasteiger partial charge in [0.05, 0.1) is 11.0 Å². The second-order valence-electron chi connectivity index (χ2n) is 4.75. The number of para-hydroxylation sites is 2. The molecule has 3 rings (SSSR count). The predicted molar refractivity (Wildman–Crippen MR) is 86.4 cm³/mol. The monoisotopic (exact) mass is 306 g/mol. The Morgan fingerprint density at radius 2 is 2.09 bits per heavy atom. The van der Waals surface area contributed by atoms with Crippen LogP contribution in [0.4, 0.5) is 5.82 Å². The number of rotatable bonds is 3. The molecule has 1 amide bonds. The maximum absolute atomic E-state index is 12.0. The molecule has 0 unspecified atom stereocenters. The number of carbonyl (C=O) groups is 1. The highest BCUT2D eigenvalue weighted by Crippen LogP contribution is 2.09. The summed E-state index contributed by atoms with van der Waals surface area (Å²) in [5.41, 5.74) is 7.58. The van der Waals surface area contributed by atoms with Gasteiger partial charge in [-0.15, -0.1) is 10.2 Å². The van der Waals surface area contributed by atoms with Crippen molar-refractivity contribution in [2.24, 2.45) is 0 Å². The number of nitrogen functional groups attached to an aromatic ring is 1. The summed E-state index contributed by atoms with van der Waals surface area (Å²) in [4.78, 5) is 19.2. The number of hydrogen-bond donors (Lipinski definition) is 3. The number of H-pyrrole nitrogens is 1. The molecule has 4 N–H and O–H groups in total. The van der Waals surface area contributed by atoms with Crippen molar-refractivity contribution in [2.75, 3.05) is 12.3 Å². The molecule has 0 saturated heterocycles. The molecule has 0 saturated carbocycles. The Morgan fingerprint density at radius 1 is 1.22 bits per heavy atom. The van der Waals surface area contributed by atoms with Crippen LogP contribution in [0.1, 0.15) is 22.7 Å². The van der Waals surface area contributed by atoms with E-state index in [1.807, 2.05) is 24.3 Å². The van der Waals surface area contributed by atoms with Gasteiger partial charge in [0.1, 0.15) is 11.5 Å². The zero-order chi connectivity index (χ0) is 16.1. The van der Waals surface area contributed by atoms with Gasteiger partial charge in [-0.1, -0.05) is 18.1 Å². The molecular formula is C16H14N6O. The first kappa shape index (κ1) is 14.5. The fraction of sp³-hybridized carbons (Fsp3) is 0.125. The van der Waals surface area contributed by atoms with Crippen molar-refractivity contribution in [1.29, 1.82) is 0 Å². The summed E-state index contributed by atoms with van der Waals surface area (Å²) in [6.45, 7) is 0.422. The zero-order valence-electron chi connectivity index (χ0n) is 12.2. The number of fused-ring (bicyclic) bond motifs is 1. The van der Waals surface area contributed by atoms with Crippen LogP contribution in [0.3, 0.4) is 0 Å². The van der Waals surface area contributed by atoms with Gasteiger partial charge in [0, 0.05) is 13.0 Å². The Hall–Kier alpha value is -3.40. The van der Waals surface area contributed by atoms with Crippen LogP contribution in [0, 0.1) is 11.8 Å². The lowest BCUT2D eigenvalue weighted by Crippen LogP contribution is -2.25.